The van der Waals surface area contributed by atoms with Gasteiger partial charge in [-0.1, -0.05) is 51.1 Å². The van der Waals surface area contributed by atoms with Crippen molar-refractivity contribution in [2.45, 2.75) is 70.5 Å². The molecule has 1 aliphatic rings. The van der Waals surface area contributed by atoms with Gasteiger partial charge < -0.3 is 25.0 Å². The van der Waals surface area contributed by atoms with Crippen LogP contribution in [0.2, 0.25) is 0 Å². The lowest BCUT2D eigenvalue weighted by molar-refractivity contribution is -0.172. The number of benzene rings is 1. The molecule has 1 aromatic carbocycles. The van der Waals surface area contributed by atoms with Gasteiger partial charge in [0.15, 0.2) is 5.60 Å². The standard InChI is InChI=1S/C27H33BN4O8/c1-4-19(33)14-27(26(37)38)15-23(34)39-28(40-27)22(12-17(2)3)32-24(35)20(13-18-8-6-5-7-9-18)31-25(36)21-16-29-10-11-30-21/h5-11,16-17,20,22H,4,12-15H2,1-3H3,(H,31,36)(H,32,35)(H,37,38)/t20-,22-,27-/m0/s1. The maximum absolute atomic E-state index is 13.6. The van der Waals surface area contributed by atoms with Crippen LogP contribution in [-0.2, 0) is 34.9 Å². The van der Waals surface area contributed by atoms with Crippen LogP contribution in [0.1, 0.15) is 62.5 Å². The highest BCUT2D eigenvalue weighted by atomic mass is 16.6. The van der Waals surface area contributed by atoms with E-state index < -0.39 is 67.1 Å². The Kier molecular flexibility index (Phi) is 10.5. The van der Waals surface area contributed by atoms with E-state index in [9.17, 15) is 29.1 Å². The minimum absolute atomic E-state index is 0.0171. The van der Waals surface area contributed by atoms with Gasteiger partial charge >= 0.3 is 13.1 Å². The second kappa shape index (κ2) is 13.8. The minimum Gasteiger partial charge on any atom is -0.508 e. The first-order chi connectivity index (χ1) is 19.0. The third kappa shape index (κ3) is 8.19. The number of Topliss-reactive ketones (excluding diaryl/α,β-unsaturated/α-hetero) is 1. The largest absolute Gasteiger partial charge is 0.552 e. The van der Waals surface area contributed by atoms with Crippen molar-refractivity contribution in [3.05, 3.63) is 60.2 Å². The van der Waals surface area contributed by atoms with E-state index in [-0.39, 0.29) is 30.9 Å². The lowest BCUT2D eigenvalue weighted by Gasteiger charge is -2.38. The average Bonchev–Trinajstić information content (AvgIpc) is 2.92. The van der Waals surface area contributed by atoms with E-state index in [1.165, 1.54) is 18.6 Å². The first-order valence-electron chi connectivity index (χ1n) is 13.1. The number of rotatable bonds is 13. The zero-order valence-corrected chi connectivity index (χ0v) is 22.7. The summed E-state index contributed by atoms with van der Waals surface area (Å²) in [6.07, 6.45) is 3.32. The van der Waals surface area contributed by atoms with Gasteiger partial charge in [-0.2, -0.15) is 0 Å². The van der Waals surface area contributed by atoms with Crippen LogP contribution in [0.5, 0.6) is 0 Å². The third-order valence-corrected chi connectivity index (χ3v) is 6.37. The highest BCUT2D eigenvalue weighted by Crippen LogP contribution is 2.30. The number of hydrogen-bond donors (Lipinski definition) is 3. The molecular formula is C27H33BN4O8. The number of hydrogen-bond acceptors (Lipinski definition) is 9. The van der Waals surface area contributed by atoms with Gasteiger partial charge in [-0.05, 0) is 17.9 Å². The molecule has 0 saturated carbocycles. The molecule has 40 heavy (non-hydrogen) atoms. The van der Waals surface area contributed by atoms with Gasteiger partial charge in [-0.25, -0.2) is 9.78 Å². The van der Waals surface area contributed by atoms with E-state index in [1.54, 1.807) is 31.2 Å². The molecule has 3 atom stereocenters. The van der Waals surface area contributed by atoms with Gasteiger partial charge in [0.25, 0.3) is 11.9 Å². The van der Waals surface area contributed by atoms with E-state index in [4.69, 9.17) is 9.31 Å². The molecule has 2 heterocycles. The van der Waals surface area contributed by atoms with Gasteiger partial charge in [0.1, 0.15) is 17.5 Å². The van der Waals surface area contributed by atoms with Gasteiger partial charge in [-0.3, -0.25) is 24.2 Å². The number of amides is 2. The number of carbonyl (C=O) groups is 5. The molecule has 0 radical (unpaired) electrons. The second-order valence-electron chi connectivity index (χ2n) is 10.1. The summed E-state index contributed by atoms with van der Waals surface area (Å²) in [5.74, 6) is -4.96. The summed E-state index contributed by atoms with van der Waals surface area (Å²) in [7, 11) is -1.47. The first-order valence-corrected chi connectivity index (χ1v) is 13.1. The summed E-state index contributed by atoms with van der Waals surface area (Å²) in [4.78, 5) is 71.3. The van der Waals surface area contributed by atoms with E-state index in [2.05, 4.69) is 20.6 Å². The summed E-state index contributed by atoms with van der Waals surface area (Å²) >= 11 is 0. The van der Waals surface area contributed by atoms with Crippen molar-refractivity contribution in [2.24, 2.45) is 5.92 Å². The quantitative estimate of drug-likeness (QED) is 0.309. The molecule has 1 aliphatic heterocycles. The zero-order valence-electron chi connectivity index (χ0n) is 22.7. The van der Waals surface area contributed by atoms with Crippen molar-refractivity contribution in [2.75, 3.05) is 0 Å². The Hall–Kier alpha value is -4.13. The molecule has 1 aromatic heterocycles. The molecule has 0 bridgehead atoms. The Balaban J connectivity index is 1.88. The highest BCUT2D eigenvalue weighted by molar-refractivity contribution is 6.50. The fraction of sp³-hybridized carbons (Fsp3) is 0.444. The topological polar surface area (TPSA) is 174 Å². The third-order valence-electron chi connectivity index (χ3n) is 6.37. The summed E-state index contributed by atoms with van der Waals surface area (Å²) in [5.41, 5.74) is -1.33. The fourth-order valence-electron chi connectivity index (χ4n) is 4.34. The molecule has 3 N–H and O–H groups in total. The van der Waals surface area contributed by atoms with Crippen molar-refractivity contribution in [3.8, 4) is 0 Å². The van der Waals surface area contributed by atoms with Crippen LogP contribution in [0.4, 0.5) is 0 Å². The Morgan fingerprint density at radius 2 is 1.85 bits per heavy atom. The number of aliphatic carboxylic acids is 1. The van der Waals surface area contributed by atoms with Crippen LogP contribution in [0, 0.1) is 5.92 Å². The Morgan fingerprint density at radius 3 is 2.45 bits per heavy atom. The maximum Gasteiger partial charge on any atom is 0.552 e. The maximum atomic E-state index is 13.6. The zero-order chi connectivity index (χ0) is 29.3. The van der Waals surface area contributed by atoms with Crippen LogP contribution >= 0.6 is 0 Å². The average molecular weight is 552 g/mol. The smallest absolute Gasteiger partial charge is 0.508 e. The lowest BCUT2D eigenvalue weighted by Crippen LogP contribution is -2.62. The monoisotopic (exact) mass is 552 g/mol. The van der Waals surface area contributed by atoms with Gasteiger partial charge in [0.05, 0.1) is 18.6 Å². The molecule has 2 aromatic rings. The molecule has 1 saturated heterocycles. The number of carboxylic acids is 1. The normalized spacial score (nSPS) is 18.4. The molecule has 0 aliphatic carbocycles. The number of aromatic nitrogens is 2. The minimum atomic E-state index is -2.11. The van der Waals surface area contributed by atoms with Gasteiger partial charge in [-0.15, -0.1) is 0 Å². The summed E-state index contributed by atoms with van der Waals surface area (Å²) < 4.78 is 11.2. The summed E-state index contributed by atoms with van der Waals surface area (Å²) in [5, 5.41) is 15.4. The molecular weight excluding hydrogens is 519 g/mol. The molecule has 12 nitrogen and oxygen atoms in total. The van der Waals surface area contributed by atoms with Crippen molar-refractivity contribution in [3.63, 3.8) is 0 Å². The van der Waals surface area contributed by atoms with Gasteiger partial charge in [0, 0.05) is 31.7 Å². The van der Waals surface area contributed by atoms with E-state index in [1.807, 2.05) is 19.9 Å². The van der Waals surface area contributed by atoms with E-state index >= 15 is 0 Å². The fourth-order valence-corrected chi connectivity index (χ4v) is 4.34. The molecule has 1 fully saturated rings. The van der Waals surface area contributed by atoms with Crippen LogP contribution in [0.25, 0.3) is 0 Å². The molecule has 2 amide bonds. The van der Waals surface area contributed by atoms with E-state index in [0.717, 1.165) is 5.56 Å². The van der Waals surface area contributed by atoms with Crippen LogP contribution in [0.3, 0.4) is 0 Å². The molecule has 0 unspecified atom stereocenters. The molecule has 3 rings (SSSR count). The molecule has 0 spiro atoms. The Labute approximate surface area is 232 Å². The van der Waals surface area contributed by atoms with Crippen molar-refractivity contribution >= 4 is 36.7 Å². The van der Waals surface area contributed by atoms with Crippen molar-refractivity contribution in [1.29, 1.82) is 0 Å². The highest BCUT2D eigenvalue weighted by Gasteiger charge is 2.54. The van der Waals surface area contributed by atoms with Crippen molar-refractivity contribution in [1.82, 2.24) is 20.6 Å². The second-order valence-corrected chi connectivity index (χ2v) is 10.1. The predicted octanol–water partition coefficient (Wildman–Crippen LogP) is 1.53. The predicted molar refractivity (Wildman–Crippen MR) is 143 cm³/mol. The van der Waals surface area contributed by atoms with Crippen molar-refractivity contribution < 1.29 is 38.4 Å². The number of nitrogens with zero attached hydrogens (tertiary/aromatic N) is 2. The van der Waals surface area contributed by atoms with Crippen LogP contribution in [0.15, 0.2) is 48.9 Å². The summed E-state index contributed by atoms with van der Waals surface area (Å²) in [6, 6.07) is 7.96. The SMILES string of the molecule is CCC(=O)C[C@@]1(C(=O)O)CC(=O)OB([C@H](CC(C)C)NC(=O)[C@H](Cc2ccccc2)NC(=O)c2cnccn2)O1. The van der Waals surface area contributed by atoms with Crippen LogP contribution in [-0.4, -0.2) is 69.3 Å². The van der Waals surface area contributed by atoms with E-state index in [0.29, 0.717) is 0 Å². The number of ketones is 1. The lowest BCUT2D eigenvalue weighted by atomic mass is 9.70. The summed E-state index contributed by atoms with van der Waals surface area (Å²) in [6.45, 7) is 5.32. The number of carbonyl (C=O) groups excluding carboxylic acids is 4. The molecule has 13 heteroatoms. The van der Waals surface area contributed by atoms with Gasteiger partial charge in [0.2, 0.25) is 5.91 Å². The van der Waals surface area contributed by atoms with Crippen LogP contribution < -0.4 is 10.6 Å². The molecule has 212 valence electrons. The number of carboxylic acid groups (broad SMARTS) is 1. The Bertz CT molecular complexity index is 1210. The first kappa shape index (κ1) is 30.4. The number of nitrogens with one attached hydrogen (secondary N) is 2. The Morgan fingerprint density at radius 1 is 1.12 bits per heavy atom.